The lowest BCUT2D eigenvalue weighted by Gasteiger charge is -2.20. The van der Waals surface area contributed by atoms with Crippen LogP contribution in [0.4, 0.5) is 0 Å². The molecule has 0 saturated carbocycles. The number of para-hydroxylation sites is 1. The molecule has 6 nitrogen and oxygen atoms in total. The average molecular weight is 359 g/mol. The molecule has 0 fully saturated rings. The topological polar surface area (TPSA) is 92.4 Å². The standard InChI is InChI=1S/C21H21N5O/c22-18(11-16-12-24-19-9-2-1-8-17(16)19)21(27)26-25-13-15-6-3-5-14-7-4-10-23-20(14)15/h1-10,12-13,17-19,24H,11,22H2,(H,26,27)/b25-13-/t17-,18-,19+/m1/s1. The van der Waals surface area contributed by atoms with Crippen LogP contribution in [0.25, 0.3) is 10.9 Å². The van der Waals surface area contributed by atoms with Gasteiger partial charge < -0.3 is 11.1 Å². The molecule has 27 heavy (non-hydrogen) atoms. The number of carbonyl (C=O) groups is 1. The van der Waals surface area contributed by atoms with E-state index in [9.17, 15) is 4.79 Å². The number of hydrazone groups is 1. The highest BCUT2D eigenvalue weighted by atomic mass is 16.2. The van der Waals surface area contributed by atoms with Crippen LogP contribution in [-0.4, -0.2) is 29.2 Å². The van der Waals surface area contributed by atoms with E-state index in [1.165, 1.54) is 0 Å². The number of rotatable bonds is 5. The molecule has 4 N–H and O–H groups in total. The SMILES string of the molecule is N[C@H](CC1=CN[C@H]2C=CC=C[C@H]12)C(=O)N/N=C\c1cccc2cccnc12. The highest BCUT2D eigenvalue weighted by Crippen LogP contribution is 2.28. The molecule has 1 aromatic heterocycles. The van der Waals surface area contributed by atoms with Gasteiger partial charge in [-0.05, 0) is 24.3 Å². The first-order valence-corrected chi connectivity index (χ1v) is 8.94. The molecule has 0 bridgehead atoms. The van der Waals surface area contributed by atoms with Crippen LogP contribution in [0.3, 0.4) is 0 Å². The number of amides is 1. The third-order valence-electron chi connectivity index (χ3n) is 4.86. The maximum absolute atomic E-state index is 12.3. The summed E-state index contributed by atoms with van der Waals surface area (Å²) >= 11 is 0. The number of pyridine rings is 1. The lowest BCUT2D eigenvalue weighted by molar-refractivity contribution is -0.122. The minimum atomic E-state index is -0.654. The van der Waals surface area contributed by atoms with E-state index < -0.39 is 6.04 Å². The molecule has 1 aliphatic heterocycles. The summed E-state index contributed by atoms with van der Waals surface area (Å²) in [6.45, 7) is 0. The number of nitrogens with two attached hydrogens (primary N) is 1. The molecule has 0 unspecified atom stereocenters. The number of hydrogen-bond donors (Lipinski definition) is 3. The number of benzene rings is 1. The van der Waals surface area contributed by atoms with E-state index >= 15 is 0 Å². The summed E-state index contributed by atoms with van der Waals surface area (Å²) in [6, 6.07) is 9.30. The second-order valence-electron chi connectivity index (χ2n) is 6.67. The van der Waals surface area contributed by atoms with Gasteiger partial charge in [0.2, 0.25) is 0 Å². The van der Waals surface area contributed by atoms with Crippen molar-refractivity contribution in [2.75, 3.05) is 0 Å². The molecule has 0 saturated heterocycles. The second kappa shape index (κ2) is 7.55. The van der Waals surface area contributed by atoms with Crippen molar-refractivity contribution >= 4 is 23.0 Å². The van der Waals surface area contributed by atoms with Crippen molar-refractivity contribution in [3.63, 3.8) is 0 Å². The largest absolute Gasteiger partial charge is 0.384 e. The Bertz CT molecular complexity index is 970. The summed E-state index contributed by atoms with van der Waals surface area (Å²) in [5, 5.41) is 8.40. The van der Waals surface area contributed by atoms with Gasteiger partial charge in [0.15, 0.2) is 0 Å². The molecule has 1 aliphatic carbocycles. The molecule has 0 spiro atoms. The summed E-state index contributed by atoms with van der Waals surface area (Å²) in [7, 11) is 0. The van der Waals surface area contributed by atoms with Crippen LogP contribution < -0.4 is 16.5 Å². The fourth-order valence-corrected chi connectivity index (χ4v) is 3.44. The summed E-state index contributed by atoms with van der Waals surface area (Å²) in [5.41, 5.74) is 11.4. The Labute approximate surface area is 157 Å². The first kappa shape index (κ1) is 17.2. The molecule has 136 valence electrons. The van der Waals surface area contributed by atoms with E-state index in [2.05, 4.69) is 33.0 Å². The van der Waals surface area contributed by atoms with Crippen molar-refractivity contribution in [2.24, 2.45) is 16.8 Å². The van der Waals surface area contributed by atoms with Gasteiger partial charge in [0.1, 0.15) is 0 Å². The lowest BCUT2D eigenvalue weighted by atomic mass is 9.88. The molecule has 0 radical (unpaired) electrons. The smallest absolute Gasteiger partial charge is 0.257 e. The first-order valence-electron chi connectivity index (χ1n) is 8.94. The normalized spacial score (nSPS) is 21.7. The number of nitrogens with zero attached hydrogens (tertiary/aromatic N) is 2. The predicted molar refractivity (Wildman–Crippen MR) is 107 cm³/mol. The van der Waals surface area contributed by atoms with E-state index in [4.69, 9.17) is 5.73 Å². The molecular formula is C21H21N5O. The monoisotopic (exact) mass is 359 g/mol. The van der Waals surface area contributed by atoms with E-state index in [0.717, 1.165) is 22.0 Å². The number of aromatic nitrogens is 1. The second-order valence-corrected chi connectivity index (χ2v) is 6.67. The lowest BCUT2D eigenvalue weighted by Crippen LogP contribution is -2.39. The van der Waals surface area contributed by atoms with Crippen LogP contribution in [0, 0.1) is 5.92 Å². The van der Waals surface area contributed by atoms with Crippen LogP contribution in [0.5, 0.6) is 0 Å². The summed E-state index contributed by atoms with van der Waals surface area (Å²) in [6.07, 6.45) is 14.1. The van der Waals surface area contributed by atoms with Crippen molar-refractivity contribution in [1.29, 1.82) is 0 Å². The van der Waals surface area contributed by atoms with Gasteiger partial charge in [-0.15, -0.1) is 0 Å². The highest BCUT2D eigenvalue weighted by Gasteiger charge is 2.29. The fraction of sp³-hybridized carbons (Fsp3) is 0.190. The Hall–Kier alpha value is -3.25. The van der Waals surface area contributed by atoms with E-state index in [0.29, 0.717) is 6.42 Å². The van der Waals surface area contributed by atoms with Crippen LogP contribution in [0.15, 0.2) is 77.7 Å². The minimum Gasteiger partial charge on any atom is -0.384 e. The van der Waals surface area contributed by atoms with Crippen LogP contribution in [0.2, 0.25) is 0 Å². The Morgan fingerprint density at radius 2 is 2.15 bits per heavy atom. The van der Waals surface area contributed by atoms with Crippen LogP contribution in [0.1, 0.15) is 12.0 Å². The highest BCUT2D eigenvalue weighted by molar-refractivity contribution is 5.97. The first-order chi connectivity index (χ1) is 13.2. The van der Waals surface area contributed by atoms with Crippen molar-refractivity contribution < 1.29 is 4.79 Å². The van der Waals surface area contributed by atoms with Gasteiger partial charge in [-0.1, -0.05) is 48.6 Å². The number of hydrogen-bond acceptors (Lipinski definition) is 5. The summed E-state index contributed by atoms with van der Waals surface area (Å²) in [4.78, 5) is 16.7. The van der Waals surface area contributed by atoms with E-state index in [1.54, 1.807) is 12.4 Å². The maximum Gasteiger partial charge on any atom is 0.257 e. The number of carbonyl (C=O) groups excluding carboxylic acids is 1. The van der Waals surface area contributed by atoms with Gasteiger partial charge in [0, 0.05) is 23.1 Å². The Balaban J connectivity index is 1.37. The zero-order valence-corrected chi connectivity index (χ0v) is 14.7. The molecule has 1 amide bonds. The van der Waals surface area contributed by atoms with Gasteiger partial charge in [0.25, 0.3) is 5.91 Å². The third kappa shape index (κ3) is 3.66. The quantitative estimate of drug-likeness (QED) is 0.562. The zero-order chi connectivity index (χ0) is 18.6. The summed E-state index contributed by atoms with van der Waals surface area (Å²) in [5.74, 6) is -0.0433. The molecular weight excluding hydrogens is 338 g/mol. The van der Waals surface area contributed by atoms with Gasteiger partial charge >= 0.3 is 0 Å². The Morgan fingerprint density at radius 3 is 3.07 bits per heavy atom. The predicted octanol–water partition coefficient (Wildman–Crippen LogP) is 2.00. The van der Waals surface area contributed by atoms with Gasteiger partial charge in [-0.3, -0.25) is 9.78 Å². The maximum atomic E-state index is 12.3. The van der Waals surface area contributed by atoms with Crippen molar-refractivity contribution in [3.8, 4) is 0 Å². The number of nitrogens with one attached hydrogen (secondary N) is 2. The van der Waals surface area contributed by atoms with Gasteiger partial charge in [-0.2, -0.15) is 5.10 Å². The zero-order valence-electron chi connectivity index (χ0n) is 14.7. The Kier molecular flexibility index (Phi) is 4.80. The molecule has 1 aromatic carbocycles. The number of allylic oxidation sites excluding steroid dienone is 2. The molecule has 6 heteroatoms. The average Bonchev–Trinajstić information content (AvgIpc) is 3.11. The Morgan fingerprint density at radius 1 is 1.30 bits per heavy atom. The van der Waals surface area contributed by atoms with Crippen molar-refractivity contribution in [3.05, 3.63) is 78.2 Å². The molecule has 3 atom stereocenters. The van der Waals surface area contributed by atoms with Gasteiger partial charge in [-0.25, -0.2) is 5.43 Å². The molecule has 2 aliphatic rings. The molecule has 2 heterocycles. The number of fused-ring (bicyclic) bond motifs is 2. The van der Waals surface area contributed by atoms with Crippen LogP contribution >= 0.6 is 0 Å². The third-order valence-corrected chi connectivity index (χ3v) is 4.86. The minimum absolute atomic E-state index is 0.261. The molecule has 2 aromatic rings. The van der Waals surface area contributed by atoms with E-state index in [-0.39, 0.29) is 17.9 Å². The molecule has 4 rings (SSSR count). The van der Waals surface area contributed by atoms with Crippen molar-refractivity contribution in [1.82, 2.24) is 15.7 Å². The fourth-order valence-electron chi connectivity index (χ4n) is 3.44. The van der Waals surface area contributed by atoms with Crippen LogP contribution in [-0.2, 0) is 4.79 Å². The van der Waals surface area contributed by atoms with E-state index in [1.807, 2.05) is 48.7 Å². The van der Waals surface area contributed by atoms with Crippen molar-refractivity contribution in [2.45, 2.75) is 18.5 Å². The van der Waals surface area contributed by atoms with Gasteiger partial charge in [0.05, 0.1) is 23.8 Å². The summed E-state index contributed by atoms with van der Waals surface area (Å²) < 4.78 is 0.